The van der Waals surface area contributed by atoms with Crippen LogP contribution >= 0.6 is 11.8 Å². The first-order valence-corrected chi connectivity index (χ1v) is 4.90. The van der Waals surface area contributed by atoms with Gasteiger partial charge < -0.3 is 0 Å². The molecule has 0 aromatic carbocycles. The second kappa shape index (κ2) is 4.15. The van der Waals surface area contributed by atoms with Gasteiger partial charge in [0.1, 0.15) is 5.03 Å². The summed E-state index contributed by atoms with van der Waals surface area (Å²) in [6.07, 6.45) is 6.83. The molecule has 70 valence electrons. The average molecular weight is 204 g/mol. The number of aromatic nitrogens is 4. The zero-order valence-electron chi connectivity index (χ0n) is 7.58. The van der Waals surface area contributed by atoms with Gasteiger partial charge in [-0.15, -0.1) is 0 Å². The lowest BCUT2D eigenvalue weighted by atomic mass is 10.5. The highest BCUT2D eigenvalue weighted by Crippen LogP contribution is 2.20. The van der Waals surface area contributed by atoms with E-state index >= 15 is 0 Å². The van der Waals surface area contributed by atoms with Gasteiger partial charge in [0.2, 0.25) is 0 Å². The maximum Gasteiger partial charge on any atom is 0.193 e. The van der Waals surface area contributed by atoms with Crippen molar-refractivity contribution in [1.82, 2.24) is 19.9 Å². The number of aryl methyl sites for hydroxylation is 1. The molecule has 0 unspecified atom stereocenters. The summed E-state index contributed by atoms with van der Waals surface area (Å²) in [5, 5.41) is 1.50. The predicted octanol–water partition coefficient (Wildman–Crippen LogP) is 1.73. The topological polar surface area (TPSA) is 51.6 Å². The monoisotopic (exact) mass is 204 g/mol. The molecule has 0 aliphatic rings. The van der Waals surface area contributed by atoms with E-state index < -0.39 is 0 Å². The van der Waals surface area contributed by atoms with Crippen molar-refractivity contribution < 1.29 is 0 Å². The van der Waals surface area contributed by atoms with Crippen molar-refractivity contribution >= 4 is 11.8 Å². The summed E-state index contributed by atoms with van der Waals surface area (Å²) in [6.45, 7) is 1.91. The first-order valence-electron chi connectivity index (χ1n) is 4.08. The van der Waals surface area contributed by atoms with Gasteiger partial charge in [0.25, 0.3) is 0 Å². The summed E-state index contributed by atoms with van der Waals surface area (Å²) in [7, 11) is 0. The lowest BCUT2D eigenvalue weighted by molar-refractivity contribution is 0.946. The van der Waals surface area contributed by atoms with E-state index in [-0.39, 0.29) is 0 Å². The van der Waals surface area contributed by atoms with Gasteiger partial charge in [0.05, 0.1) is 11.9 Å². The smallest absolute Gasteiger partial charge is 0.193 e. The molecular weight excluding hydrogens is 196 g/mol. The second-order valence-electron chi connectivity index (χ2n) is 2.63. The van der Waals surface area contributed by atoms with Crippen LogP contribution in [-0.4, -0.2) is 19.9 Å². The van der Waals surface area contributed by atoms with Crippen LogP contribution in [0.5, 0.6) is 0 Å². The Morgan fingerprint density at radius 1 is 1.14 bits per heavy atom. The minimum Gasteiger partial charge on any atom is -0.260 e. The van der Waals surface area contributed by atoms with Crippen LogP contribution in [0.15, 0.2) is 41.0 Å². The van der Waals surface area contributed by atoms with Gasteiger partial charge in [-0.25, -0.2) is 15.0 Å². The molecule has 0 saturated carbocycles. The van der Waals surface area contributed by atoms with Gasteiger partial charge in [0, 0.05) is 18.6 Å². The zero-order valence-corrected chi connectivity index (χ0v) is 8.40. The van der Waals surface area contributed by atoms with Crippen LogP contribution in [0.3, 0.4) is 0 Å². The van der Waals surface area contributed by atoms with E-state index in [0.29, 0.717) is 5.16 Å². The van der Waals surface area contributed by atoms with Crippen molar-refractivity contribution in [1.29, 1.82) is 0 Å². The Hall–Kier alpha value is -1.49. The maximum atomic E-state index is 4.29. The molecule has 0 amide bonds. The summed E-state index contributed by atoms with van der Waals surface area (Å²) < 4.78 is 0. The molecule has 0 atom stereocenters. The molecule has 4 nitrogen and oxygen atoms in total. The van der Waals surface area contributed by atoms with E-state index in [4.69, 9.17) is 0 Å². The minimum absolute atomic E-state index is 0.687. The highest BCUT2D eigenvalue weighted by molar-refractivity contribution is 7.99. The highest BCUT2D eigenvalue weighted by Gasteiger charge is 2.00. The van der Waals surface area contributed by atoms with Gasteiger partial charge in [-0.05, 0) is 24.8 Å². The third-order valence-corrected chi connectivity index (χ3v) is 2.27. The molecule has 0 spiro atoms. The fourth-order valence-corrected chi connectivity index (χ4v) is 1.64. The van der Waals surface area contributed by atoms with Crippen molar-refractivity contribution in [2.75, 3.05) is 0 Å². The van der Waals surface area contributed by atoms with E-state index in [1.54, 1.807) is 30.9 Å². The van der Waals surface area contributed by atoms with Crippen LogP contribution in [0.25, 0.3) is 0 Å². The second-order valence-corrected chi connectivity index (χ2v) is 3.62. The van der Waals surface area contributed by atoms with Gasteiger partial charge in [-0.1, -0.05) is 0 Å². The van der Waals surface area contributed by atoms with E-state index in [1.807, 2.05) is 6.92 Å². The summed E-state index contributed by atoms with van der Waals surface area (Å²) >= 11 is 1.41. The SMILES string of the molecule is Cc1cncc(Sc2ncccn2)n1. The van der Waals surface area contributed by atoms with Crippen LogP contribution in [0, 0.1) is 6.92 Å². The number of nitrogens with zero attached hydrogens (tertiary/aromatic N) is 4. The molecule has 2 heterocycles. The fourth-order valence-electron chi connectivity index (χ4n) is 0.921. The zero-order chi connectivity index (χ0) is 9.80. The molecule has 2 rings (SSSR count). The lowest BCUT2D eigenvalue weighted by Gasteiger charge is -1.98. The Morgan fingerprint density at radius 3 is 2.64 bits per heavy atom. The van der Waals surface area contributed by atoms with Crippen molar-refractivity contribution in [3.05, 3.63) is 36.5 Å². The van der Waals surface area contributed by atoms with Crippen molar-refractivity contribution in [2.24, 2.45) is 0 Å². The molecular formula is C9H8N4S. The number of hydrogen-bond donors (Lipinski definition) is 0. The van der Waals surface area contributed by atoms with Crippen molar-refractivity contribution in [2.45, 2.75) is 17.1 Å². The molecule has 0 aliphatic heterocycles. The standard InChI is InChI=1S/C9H8N4S/c1-7-5-10-6-8(13-7)14-9-11-3-2-4-12-9/h2-6H,1H3. The Morgan fingerprint density at radius 2 is 1.93 bits per heavy atom. The van der Waals surface area contributed by atoms with Crippen LogP contribution in [0.4, 0.5) is 0 Å². The summed E-state index contributed by atoms with van der Waals surface area (Å²) in [4.78, 5) is 16.5. The molecule has 14 heavy (non-hydrogen) atoms. The largest absolute Gasteiger partial charge is 0.260 e. The summed E-state index contributed by atoms with van der Waals surface area (Å²) in [6, 6.07) is 1.78. The normalized spacial score (nSPS) is 10.1. The third-order valence-electron chi connectivity index (χ3n) is 1.47. The number of hydrogen-bond acceptors (Lipinski definition) is 5. The van der Waals surface area contributed by atoms with E-state index in [0.717, 1.165) is 10.7 Å². The van der Waals surface area contributed by atoms with E-state index in [1.165, 1.54) is 11.8 Å². The molecule has 0 fully saturated rings. The van der Waals surface area contributed by atoms with Crippen LogP contribution < -0.4 is 0 Å². The lowest BCUT2D eigenvalue weighted by Crippen LogP contribution is -1.88. The predicted molar refractivity (Wildman–Crippen MR) is 52.9 cm³/mol. The van der Waals surface area contributed by atoms with Gasteiger partial charge in [-0.2, -0.15) is 0 Å². The Balaban J connectivity index is 2.19. The number of rotatable bonds is 2. The molecule has 0 N–H and O–H groups in total. The Kier molecular flexibility index (Phi) is 2.69. The molecule has 0 saturated heterocycles. The Bertz CT molecular complexity index is 418. The van der Waals surface area contributed by atoms with Crippen LogP contribution in [-0.2, 0) is 0 Å². The minimum atomic E-state index is 0.687. The molecule has 2 aromatic heterocycles. The Labute approximate surface area is 85.9 Å². The van der Waals surface area contributed by atoms with Crippen molar-refractivity contribution in [3.63, 3.8) is 0 Å². The summed E-state index contributed by atoms with van der Waals surface area (Å²) in [5.74, 6) is 0. The van der Waals surface area contributed by atoms with Gasteiger partial charge in [-0.3, -0.25) is 4.98 Å². The molecule has 0 bridgehead atoms. The first-order chi connectivity index (χ1) is 6.84. The first kappa shape index (κ1) is 9.08. The van der Waals surface area contributed by atoms with Crippen LogP contribution in [0.2, 0.25) is 0 Å². The van der Waals surface area contributed by atoms with Gasteiger partial charge >= 0.3 is 0 Å². The van der Waals surface area contributed by atoms with Crippen LogP contribution in [0.1, 0.15) is 5.69 Å². The van der Waals surface area contributed by atoms with E-state index in [9.17, 15) is 0 Å². The van der Waals surface area contributed by atoms with E-state index in [2.05, 4.69) is 19.9 Å². The molecule has 0 radical (unpaired) electrons. The average Bonchev–Trinajstić information content (AvgIpc) is 2.19. The molecule has 2 aromatic rings. The van der Waals surface area contributed by atoms with Crippen molar-refractivity contribution in [3.8, 4) is 0 Å². The molecule has 5 heteroatoms. The fraction of sp³-hybridized carbons (Fsp3) is 0.111. The quantitative estimate of drug-likeness (QED) is 0.697. The summed E-state index contributed by atoms with van der Waals surface area (Å²) in [5.41, 5.74) is 0.894. The molecule has 0 aliphatic carbocycles. The highest BCUT2D eigenvalue weighted by atomic mass is 32.2. The maximum absolute atomic E-state index is 4.29. The van der Waals surface area contributed by atoms with Gasteiger partial charge in [0.15, 0.2) is 5.16 Å². The third kappa shape index (κ3) is 2.26.